The number of hydrogen-bond acceptors (Lipinski definition) is 3. The number of piperazine rings is 1. The van der Waals surface area contributed by atoms with Crippen LogP contribution in [0.3, 0.4) is 0 Å². The molecule has 3 rings (SSSR count). The number of amides is 3. The molecule has 1 atom stereocenters. The summed E-state index contributed by atoms with van der Waals surface area (Å²) in [5, 5.41) is 2.62. The van der Waals surface area contributed by atoms with Gasteiger partial charge in [0.2, 0.25) is 5.91 Å². The average Bonchev–Trinajstić information content (AvgIpc) is 2.70. The van der Waals surface area contributed by atoms with E-state index >= 15 is 0 Å². The second-order valence-corrected chi connectivity index (χ2v) is 7.28. The van der Waals surface area contributed by atoms with Gasteiger partial charge < -0.3 is 20.9 Å². The summed E-state index contributed by atoms with van der Waals surface area (Å²) >= 11 is 0. The van der Waals surface area contributed by atoms with Gasteiger partial charge in [0.15, 0.2) is 0 Å². The van der Waals surface area contributed by atoms with Crippen LogP contribution in [-0.2, 0) is 11.2 Å². The Morgan fingerprint density at radius 3 is 2.32 bits per heavy atom. The number of hydrogen-bond donors (Lipinski definition) is 2. The van der Waals surface area contributed by atoms with E-state index in [0.717, 1.165) is 18.7 Å². The number of urea groups is 1. The number of benzene rings is 2. The zero-order chi connectivity index (χ0) is 20.1. The molecule has 28 heavy (non-hydrogen) atoms. The van der Waals surface area contributed by atoms with Crippen molar-refractivity contribution in [1.29, 1.82) is 0 Å². The number of nitrogens with two attached hydrogens (primary N) is 1. The van der Waals surface area contributed by atoms with E-state index in [0.29, 0.717) is 19.5 Å². The van der Waals surface area contributed by atoms with E-state index in [1.807, 2.05) is 35.2 Å². The van der Waals surface area contributed by atoms with Crippen molar-refractivity contribution in [2.75, 3.05) is 31.1 Å². The Morgan fingerprint density at radius 1 is 1.00 bits per heavy atom. The molecule has 0 aliphatic carbocycles. The van der Waals surface area contributed by atoms with Crippen molar-refractivity contribution in [2.45, 2.75) is 26.3 Å². The van der Waals surface area contributed by atoms with Gasteiger partial charge in [-0.05, 0) is 36.6 Å². The monoisotopic (exact) mass is 380 g/mol. The van der Waals surface area contributed by atoms with Crippen LogP contribution in [0.1, 0.15) is 16.7 Å². The number of rotatable bonds is 5. The van der Waals surface area contributed by atoms with Crippen molar-refractivity contribution >= 4 is 17.6 Å². The highest BCUT2D eigenvalue weighted by Crippen LogP contribution is 2.24. The summed E-state index contributed by atoms with van der Waals surface area (Å²) in [4.78, 5) is 28.6. The lowest BCUT2D eigenvalue weighted by molar-refractivity contribution is -0.133. The fraction of sp³-hybridized carbons (Fsp3) is 0.364. The molecule has 6 heteroatoms. The fourth-order valence-corrected chi connectivity index (χ4v) is 3.69. The highest BCUT2D eigenvalue weighted by atomic mass is 16.2. The van der Waals surface area contributed by atoms with Gasteiger partial charge in [-0.1, -0.05) is 42.5 Å². The number of aryl methyl sites for hydroxylation is 1. The number of nitrogens with zero attached hydrogens (tertiary/aromatic N) is 2. The van der Waals surface area contributed by atoms with Crippen LogP contribution >= 0.6 is 0 Å². The van der Waals surface area contributed by atoms with Crippen LogP contribution in [0.4, 0.5) is 10.5 Å². The summed E-state index contributed by atoms with van der Waals surface area (Å²) < 4.78 is 0. The summed E-state index contributed by atoms with van der Waals surface area (Å²) in [6.45, 7) is 7.03. The fourth-order valence-electron chi connectivity index (χ4n) is 3.69. The molecule has 2 aromatic carbocycles. The minimum absolute atomic E-state index is 0.0803. The molecule has 0 spiro atoms. The zero-order valence-electron chi connectivity index (χ0n) is 16.5. The Kier molecular flexibility index (Phi) is 6.19. The third-order valence-corrected chi connectivity index (χ3v) is 5.41. The molecule has 0 saturated carbocycles. The molecule has 0 aromatic heterocycles. The summed E-state index contributed by atoms with van der Waals surface area (Å²) in [6, 6.07) is 14.7. The summed E-state index contributed by atoms with van der Waals surface area (Å²) in [7, 11) is 0. The van der Waals surface area contributed by atoms with Crippen molar-refractivity contribution in [1.82, 2.24) is 10.2 Å². The van der Waals surface area contributed by atoms with Crippen LogP contribution < -0.4 is 16.0 Å². The van der Waals surface area contributed by atoms with Crippen molar-refractivity contribution in [3.05, 3.63) is 65.2 Å². The lowest BCUT2D eigenvalue weighted by Gasteiger charge is -2.38. The molecule has 1 saturated heterocycles. The lowest BCUT2D eigenvalue weighted by Crippen LogP contribution is -2.56. The molecule has 1 aliphatic heterocycles. The maximum Gasteiger partial charge on any atom is 0.312 e. The number of primary amides is 1. The topological polar surface area (TPSA) is 78.7 Å². The Bertz CT molecular complexity index is 830. The van der Waals surface area contributed by atoms with Crippen molar-refractivity contribution in [3.63, 3.8) is 0 Å². The smallest absolute Gasteiger partial charge is 0.312 e. The zero-order valence-corrected chi connectivity index (χ0v) is 16.5. The number of carbonyl (C=O) groups excluding carboxylic acids is 2. The van der Waals surface area contributed by atoms with Gasteiger partial charge in [0.25, 0.3) is 0 Å². The Labute approximate surface area is 166 Å². The molecule has 1 heterocycles. The minimum Gasteiger partial charge on any atom is -0.368 e. The maximum atomic E-state index is 13.0. The lowest BCUT2D eigenvalue weighted by atomic mass is 10.0. The first-order valence-electron chi connectivity index (χ1n) is 9.65. The first-order chi connectivity index (χ1) is 13.5. The summed E-state index contributed by atoms with van der Waals surface area (Å²) in [6.07, 6.45) is 0.430. The molecular formula is C22H28N4O2. The molecular weight excluding hydrogens is 352 g/mol. The van der Waals surface area contributed by atoms with Crippen LogP contribution in [0.15, 0.2) is 48.5 Å². The minimum atomic E-state index is -0.677. The van der Waals surface area contributed by atoms with Crippen LogP contribution in [0, 0.1) is 13.8 Å². The van der Waals surface area contributed by atoms with E-state index in [4.69, 9.17) is 5.73 Å². The van der Waals surface area contributed by atoms with Gasteiger partial charge in [-0.15, -0.1) is 0 Å². The largest absolute Gasteiger partial charge is 0.368 e. The normalized spacial score (nSPS) is 15.2. The van der Waals surface area contributed by atoms with Crippen LogP contribution in [0.5, 0.6) is 0 Å². The maximum absolute atomic E-state index is 13.0. The highest BCUT2D eigenvalue weighted by molar-refractivity contribution is 5.87. The SMILES string of the molecule is Cc1cccc(N2CCN(C(=O)[C@H](Cc3ccccc3)NC(N)=O)CC2)c1C. The Morgan fingerprint density at radius 2 is 1.68 bits per heavy atom. The van der Waals surface area contributed by atoms with Crippen LogP contribution in [-0.4, -0.2) is 49.1 Å². The van der Waals surface area contributed by atoms with E-state index in [2.05, 4.69) is 42.3 Å². The molecule has 2 aromatic rings. The summed E-state index contributed by atoms with van der Waals surface area (Å²) in [5.74, 6) is -0.0803. The first kappa shape index (κ1) is 19.7. The number of carbonyl (C=O) groups is 2. The van der Waals surface area contributed by atoms with E-state index in [1.165, 1.54) is 16.8 Å². The third kappa shape index (κ3) is 4.63. The predicted molar refractivity (Wildman–Crippen MR) is 111 cm³/mol. The second kappa shape index (κ2) is 8.78. The standard InChI is InChI=1S/C22H28N4O2/c1-16-7-6-10-20(17(16)2)25-11-13-26(14-12-25)21(27)19(24-22(23)28)15-18-8-4-3-5-9-18/h3-10,19H,11-15H2,1-2H3,(H3,23,24,28)/t19-/m0/s1. The van der Waals surface area contributed by atoms with Gasteiger partial charge in [-0.25, -0.2) is 4.79 Å². The van der Waals surface area contributed by atoms with Crippen molar-refractivity contribution < 1.29 is 9.59 Å². The van der Waals surface area contributed by atoms with Gasteiger partial charge in [0, 0.05) is 38.3 Å². The molecule has 1 aliphatic rings. The predicted octanol–water partition coefficient (Wildman–Crippen LogP) is 2.23. The van der Waals surface area contributed by atoms with Crippen molar-refractivity contribution in [2.24, 2.45) is 5.73 Å². The second-order valence-electron chi connectivity index (χ2n) is 7.28. The Balaban J connectivity index is 1.66. The number of anilines is 1. The van der Waals surface area contributed by atoms with Gasteiger partial charge in [-0.3, -0.25) is 4.79 Å². The van der Waals surface area contributed by atoms with E-state index in [-0.39, 0.29) is 5.91 Å². The molecule has 1 fully saturated rings. The van der Waals surface area contributed by atoms with Gasteiger partial charge in [-0.2, -0.15) is 0 Å². The molecule has 0 unspecified atom stereocenters. The quantitative estimate of drug-likeness (QED) is 0.835. The van der Waals surface area contributed by atoms with E-state index < -0.39 is 12.1 Å². The molecule has 148 valence electrons. The van der Waals surface area contributed by atoms with Crippen LogP contribution in [0.25, 0.3) is 0 Å². The van der Waals surface area contributed by atoms with E-state index in [1.54, 1.807) is 0 Å². The van der Waals surface area contributed by atoms with Gasteiger partial charge in [0.05, 0.1) is 0 Å². The molecule has 3 amide bonds. The summed E-state index contributed by atoms with van der Waals surface area (Å²) in [5.41, 5.74) is 10.1. The third-order valence-electron chi connectivity index (χ3n) is 5.41. The van der Waals surface area contributed by atoms with Crippen LogP contribution in [0.2, 0.25) is 0 Å². The Hall–Kier alpha value is -3.02. The highest BCUT2D eigenvalue weighted by Gasteiger charge is 2.29. The average molecular weight is 380 g/mol. The molecule has 3 N–H and O–H groups in total. The molecule has 0 radical (unpaired) electrons. The molecule has 6 nitrogen and oxygen atoms in total. The number of nitrogens with one attached hydrogen (secondary N) is 1. The van der Waals surface area contributed by atoms with Gasteiger partial charge >= 0.3 is 6.03 Å². The van der Waals surface area contributed by atoms with E-state index in [9.17, 15) is 9.59 Å². The van der Waals surface area contributed by atoms with Crippen molar-refractivity contribution in [3.8, 4) is 0 Å². The molecule has 0 bridgehead atoms. The van der Waals surface area contributed by atoms with Gasteiger partial charge in [0.1, 0.15) is 6.04 Å². The first-order valence-corrected chi connectivity index (χ1v) is 9.65.